The van der Waals surface area contributed by atoms with Crippen LogP contribution in [0, 0.1) is 8.86 Å². The molecule has 53 valence electrons. The molecule has 0 N–H and O–H groups in total. The van der Waals surface area contributed by atoms with Crippen LogP contribution >= 0.6 is 45.2 Å². The lowest BCUT2D eigenvalue weighted by atomic mass is 10.2. The van der Waals surface area contributed by atoms with Crippen LogP contribution < -0.4 is 0 Å². The number of rotatable bonds is 1. The average molecular weight is 357 g/mol. The fourth-order valence-corrected chi connectivity index (χ4v) is 1.40. The predicted octanol–water partition coefficient (Wildman–Crippen LogP) is 3.70. The van der Waals surface area contributed by atoms with Crippen LogP contribution in [0.25, 0.3) is 0 Å². The summed E-state index contributed by atoms with van der Waals surface area (Å²) in [5.74, 6) is 0. The van der Waals surface area contributed by atoms with Crippen LogP contribution in [0.3, 0.4) is 0 Å². The van der Waals surface area contributed by atoms with Gasteiger partial charge in [0.2, 0.25) is 0 Å². The van der Waals surface area contributed by atoms with Crippen LogP contribution in [0.2, 0.25) is 0 Å². The van der Waals surface area contributed by atoms with Crippen molar-refractivity contribution < 1.29 is 0 Å². The minimum atomic E-state index is 1.31. The summed E-state index contributed by atoms with van der Waals surface area (Å²) < 4.78 is 1.32. The zero-order valence-electron chi connectivity index (χ0n) is 5.57. The number of hydrogen-bond acceptors (Lipinski definition) is 0. The Morgan fingerprint density at radius 1 is 1.10 bits per heavy atom. The van der Waals surface area contributed by atoms with E-state index >= 15 is 0 Å². The van der Waals surface area contributed by atoms with Crippen molar-refractivity contribution in [3.8, 4) is 0 Å². The van der Waals surface area contributed by atoms with E-state index in [4.69, 9.17) is 0 Å². The third-order valence-corrected chi connectivity index (χ3v) is 2.52. The number of benzene rings is 1. The van der Waals surface area contributed by atoms with Crippen molar-refractivity contribution in [2.75, 3.05) is 0 Å². The molecule has 0 aliphatic heterocycles. The van der Waals surface area contributed by atoms with Crippen molar-refractivity contribution in [1.29, 1.82) is 0 Å². The first-order chi connectivity index (χ1) is 4.70. The summed E-state index contributed by atoms with van der Waals surface area (Å²) in [5.41, 5.74) is 2.63. The Bertz CT molecular complexity index is 201. The summed E-state index contributed by atoms with van der Waals surface area (Å²) in [7, 11) is 0. The van der Waals surface area contributed by atoms with Gasteiger partial charge in [0, 0.05) is 0 Å². The van der Waals surface area contributed by atoms with Gasteiger partial charge < -0.3 is 0 Å². The van der Waals surface area contributed by atoms with E-state index in [0.717, 1.165) is 0 Å². The quantitative estimate of drug-likeness (QED) is 0.673. The van der Waals surface area contributed by atoms with Gasteiger partial charge in [0.15, 0.2) is 0 Å². The van der Waals surface area contributed by atoms with E-state index in [2.05, 4.69) is 76.4 Å². The highest BCUT2D eigenvalue weighted by atomic mass is 127. The SMILES string of the molecule is Cc1ccc([C](I)I)cc1. The van der Waals surface area contributed by atoms with Crippen molar-refractivity contribution in [3.63, 3.8) is 0 Å². The molecule has 0 saturated carbocycles. The van der Waals surface area contributed by atoms with Gasteiger partial charge in [-0.25, -0.2) is 0 Å². The number of aryl methyl sites for hydroxylation is 1. The molecular formula is C8H7I2. The Morgan fingerprint density at radius 2 is 1.60 bits per heavy atom. The lowest BCUT2D eigenvalue weighted by molar-refractivity contribution is 1.45. The monoisotopic (exact) mass is 357 g/mol. The maximum absolute atomic E-state index is 2.32. The number of halogens is 2. The van der Waals surface area contributed by atoms with E-state index in [-0.39, 0.29) is 0 Å². The van der Waals surface area contributed by atoms with Gasteiger partial charge in [-0.2, -0.15) is 0 Å². The van der Waals surface area contributed by atoms with Crippen LogP contribution in [-0.4, -0.2) is 0 Å². The molecule has 1 aromatic carbocycles. The summed E-state index contributed by atoms with van der Waals surface area (Å²) in [6, 6.07) is 8.55. The molecule has 1 aromatic rings. The second-order valence-electron chi connectivity index (χ2n) is 2.13. The maximum atomic E-state index is 2.32. The highest BCUT2D eigenvalue weighted by Crippen LogP contribution is 2.28. The van der Waals surface area contributed by atoms with Gasteiger partial charge in [0.05, 0.1) is 0 Å². The molecule has 0 aromatic heterocycles. The summed E-state index contributed by atoms with van der Waals surface area (Å²) in [5, 5.41) is 0. The van der Waals surface area contributed by atoms with Crippen LogP contribution in [0.15, 0.2) is 24.3 Å². The molecule has 0 unspecified atom stereocenters. The Morgan fingerprint density at radius 3 is 2.00 bits per heavy atom. The van der Waals surface area contributed by atoms with Gasteiger partial charge in [-0.15, -0.1) is 0 Å². The average Bonchev–Trinajstić information content (AvgIpc) is 1.88. The lowest BCUT2D eigenvalue weighted by Gasteiger charge is -1.99. The van der Waals surface area contributed by atoms with E-state index in [0.29, 0.717) is 0 Å². The Labute approximate surface area is 88.7 Å². The van der Waals surface area contributed by atoms with Crippen molar-refractivity contribution in [2.24, 2.45) is 0 Å². The van der Waals surface area contributed by atoms with E-state index in [1.165, 1.54) is 13.1 Å². The summed E-state index contributed by atoms with van der Waals surface area (Å²) in [4.78, 5) is 0. The summed E-state index contributed by atoms with van der Waals surface area (Å²) in [6.45, 7) is 2.10. The van der Waals surface area contributed by atoms with Gasteiger partial charge in [-0.3, -0.25) is 0 Å². The fraction of sp³-hybridized carbons (Fsp3) is 0.125. The predicted molar refractivity (Wildman–Crippen MR) is 61.6 cm³/mol. The van der Waals surface area contributed by atoms with Crippen molar-refractivity contribution in [2.45, 2.75) is 6.92 Å². The van der Waals surface area contributed by atoms with Crippen molar-refractivity contribution in [1.82, 2.24) is 0 Å². The standard InChI is InChI=1S/C8H7I2/c1-6-2-4-7(5-3-6)8(9)10/h2-5H,1H3. The second kappa shape index (κ2) is 3.90. The van der Waals surface area contributed by atoms with Gasteiger partial charge >= 0.3 is 0 Å². The molecule has 0 aliphatic rings. The first-order valence-electron chi connectivity index (χ1n) is 2.95. The van der Waals surface area contributed by atoms with Gasteiger partial charge in [0.1, 0.15) is 1.93 Å². The fourth-order valence-electron chi connectivity index (χ4n) is 0.680. The molecule has 0 atom stereocenters. The van der Waals surface area contributed by atoms with Crippen LogP contribution in [0.4, 0.5) is 0 Å². The zero-order chi connectivity index (χ0) is 7.56. The van der Waals surface area contributed by atoms with E-state index < -0.39 is 0 Å². The van der Waals surface area contributed by atoms with Crippen molar-refractivity contribution >= 4 is 45.2 Å². The zero-order valence-corrected chi connectivity index (χ0v) is 9.88. The van der Waals surface area contributed by atoms with Crippen molar-refractivity contribution in [3.05, 3.63) is 37.3 Å². The molecule has 10 heavy (non-hydrogen) atoms. The Balaban J connectivity index is 2.89. The lowest BCUT2D eigenvalue weighted by Crippen LogP contribution is -1.79. The van der Waals surface area contributed by atoms with E-state index in [1.807, 2.05) is 0 Å². The highest BCUT2D eigenvalue weighted by molar-refractivity contribution is 14.2. The third kappa shape index (κ3) is 2.38. The Kier molecular flexibility index (Phi) is 3.42. The summed E-state index contributed by atoms with van der Waals surface area (Å²) in [6.07, 6.45) is 0. The molecule has 0 saturated heterocycles. The maximum Gasteiger partial charge on any atom is 0.126 e. The van der Waals surface area contributed by atoms with Gasteiger partial charge in [-0.1, -0.05) is 75.0 Å². The van der Waals surface area contributed by atoms with Gasteiger partial charge in [-0.05, 0) is 12.5 Å². The minimum absolute atomic E-state index is 1.31. The topological polar surface area (TPSA) is 0 Å². The first kappa shape index (κ1) is 8.77. The minimum Gasteiger partial charge on any atom is -0.0591 e. The molecule has 1 radical (unpaired) electrons. The van der Waals surface area contributed by atoms with E-state index in [9.17, 15) is 0 Å². The Hall–Kier alpha value is 0.680. The largest absolute Gasteiger partial charge is 0.126 e. The molecule has 0 bridgehead atoms. The number of hydrogen-bond donors (Lipinski definition) is 0. The molecule has 0 nitrogen and oxygen atoms in total. The summed E-state index contributed by atoms with van der Waals surface area (Å²) >= 11 is 4.65. The molecule has 0 amide bonds. The molecular weight excluding hydrogens is 350 g/mol. The van der Waals surface area contributed by atoms with Crippen LogP contribution in [-0.2, 0) is 0 Å². The molecule has 0 heterocycles. The molecule has 0 spiro atoms. The van der Waals surface area contributed by atoms with E-state index in [1.54, 1.807) is 0 Å². The van der Waals surface area contributed by atoms with Crippen LogP contribution in [0.1, 0.15) is 11.1 Å². The first-order valence-corrected chi connectivity index (χ1v) is 5.11. The van der Waals surface area contributed by atoms with Crippen LogP contribution in [0.5, 0.6) is 0 Å². The second-order valence-corrected chi connectivity index (χ2v) is 6.35. The molecule has 0 aliphatic carbocycles. The third-order valence-electron chi connectivity index (χ3n) is 1.27. The molecule has 0 fully saturated rings. The normalized spacial score (nSPS) is 10.4. The molecule has 1 rings (SSSR count). The molecule has 2 heteroatoms. The van der Waals surface area contributed by atoms with Gasteiger partial charge in [0.25, 0.3) is 0 Å². The smallest absolute Gasteiger partial charge is 0.0591 e. The highest BCUT2D eigenvalue weighted by Gasteiger charge is 2.00.